The second-order valence-corrected chi connectivity index (χ2v) is 7.50. The van der Waals surface area contributed by atoms with Gasteiger partial charge in [-0.3, -0.25) is 4.28 Å². The average molecular weight is 391 g/mol. The van der Waals surface area contributed by atoms with Crippen LogP contribution in [-0.2, 0) is 14.4 Å². The molecule has 7 heteroatoms. The predicted molar refractivity (Wildman–Crippen MR) is 110 cm³/mol. The summed E-state index contributed by atoms with van der Waals surface area (Å²) in [6.45, 7) is 0. The van der Waals surface area contributed by atoms with Crippen LogP contribution < -0.4 is 5.32 Å². The Balaban J connectivity index is 2.06. The maximum absolute atomic E-state index is 11.3. The van der Waals surface area contributed by atoms with Gasteiger partial charge in [-0.25, -0.2) is 0 Å². The highest BCUT2D eigenvalue weighted by Gasteiger charge is 2.16. The van der Waals surface area contributed by atoms with Crippen molar-refractivity contribution in [3.05, 3.63) is 95.7 Å². The van der Waals surface area contributed by atoms with Crippen LogP contribution in [0.15, 0.2) is 95.3 Å². The predicted octanol–water partition coefficient (Wildman–Crippen LogP) is 3.86. The van der Waals surface area contributed by atoms with Gasteiger partial charge in [0, 0.05) is 5.69 Å². The summed E-state index contributed by atoms with van der Waals surface area (Å²) in [7, 11) is -3.74. The second-order valence-electron chi connectivity index (χ2n) is 5.95. The van der Waals surface area contributed by atoms with E-state index in [1.54, 1.807) is 18.2 Å². The van der Waals surface area contributed by atoms with Crippen LogP contribution in [-0.4, -0.2) is 20.4 Å². The van der Waals surface area contributed by atoms with E-state index < -0.39 is 10.1 Å². The van der Waals surface area contributed by atoms with Crippen molar-refractivity contribution in [1.82, 2.24) is 0 Å². The minimum Gasteiger partial charge on any atom is -0.354 e. The van der Waals surface area contributed by atoms with Crippen molar-refractivity contribution >= 4 is 27.1 Å². The molecule has 6 nitrogen and oxygen atoms in total. The lowest BCUT2D eigenvalue weighted by Gasteiger charge is -2.16. The highest BCUT2D eigenvalue weighted by Crippen LogP contribution is 2.25. The molecule has 0 fully saturated rings. The van der Waals surface area contributed by atoms with E-state index in [0.717, 1.165) is 17.5 Å². The van der Waals surface area contributed by atoms with Crippen LogP contribution in [0.3, 0.4) is 0 Å². The van der Waals surface area contributed by atoms with Crippen LogP contribution >= 0.6 is 0 Å². The van der Waals surface area contributed by atoms with E-state index in [2.05, 4.69) is 20.8 Å². The SMILES string of the molecule is CS(=O)(=O)O/N=C1C=C/C(=C(/C#N)c2ccccc2)C=C/1Nc1ccccc1. The van der Waals surface area contributed by atoms with Crippen molar-refractivity contribution in [2.24, 2.45) is 5.16 Å². The van der Waals surface area contributed by atoms with E-state index in [9.17, 15) is 13.7 Å². The number of benzene rings is 2. The first-order valence-electron chi connectivity index (χ1n) is 8.35. The maximum atomic E-state index is 11.3. The number of nitriles is 1. The Morgan fingerprint density at radius 2 is 1.68 bits per heavy atom. The molecule has 1 aliphatic rings. The second kappa shape index (κ2) is 8.37. The molecule has 0 saturated heterocycles. The fourth-order valence-electron chi connectivity index (χ4n) is 2.56. The molecule has 0 spiro atoms. The summed E-state index contributed by atoms with van der Waals surface area (Å²) < 4.78 is 27.2. The van der Waals surface area contributed by atoms with E-state index >= 15 is 0 Å². The van der Waals surface area contributed by atoms with Gasteiger partial charge in [0.15, 0.2) is 0 Å². The van der Waals surface area contributed by atoms with Crippen molar-refractivity contribution in [2.45, 2.75) is 0 Å². The third-order valence-electron chi connectivity index (χ3n) is 3.78. The first kappa shape index (κ1) is 19.1. The fourth-order valence-corrected chi connectivity index (χ4v) is 2.77. The zero-order chi connectivity index (χ0) is 20.0. The normalized spacial score (nSPS) is 16.9. The Morgan fingerprint density at radius 3 is 2.29 bits per heavy atom. The van der Waals surface area contributed by atoms with Crippen LogP contribution in [0.1, 0.15) is 5.56 Å². The minimum absolute atomic E-state index is 0.295. The first-order valence-corrected chi connectivity index (χ1v) is 10.2. The Kier molecular flexibility index (Phi) is 5.72. The number of hydrogen-bond donors (Lipinski definition) is 1. The Morgan fingerprint density at radius 1 is 1.04 bits per heavy atom. The van der Waals surface area contributed by atoms with Crippen molar-refractivity contribution < 1.29 is 12.7 Å². The summed E-state index contributed by atoms with van der Waals surface area (Å²) in [5.41, 5.74) is 3.54. The van der Waals surface area contributed by atoms with Gasteiger partial charge >= 0.3 is 10.1 Å². The molecule has 0 heterocycles. The number of hydrogen-bond acceptors (Lipinski definition) is 6. The van der Waals surface area contributed by atoms with Crippen LogP contribution in [0, 0.1) is 11.3 Å². The van der Waals surface area contributed by atoms with Crippen molar-refractivity contribution in [1.29, 1.82) is 5.26 Å². The molecule has 0 amide bonds. The summed E-state index contributed by atoms with van der Waals surface area (Å²) in [5, 5.41) is 16.6. The van der Waals surface area contributed by atoms with Gasteiger partial charge in [-0.05, 0) is 35.4 Å². The molecule has 140 valence electrons. The highest BCUT2D eigenvalue weighted by atomic mass is 32.2. The van der Waals surface area contributed by atoms with Crippen LogP contribution in [0.25, 0.3) is 5.57 Å². The first-order chi connectivity index (χ1) is 13.5. The molecule has 0 unspecified atom stereocenters. The number of para-hydroxylation sites is 1. The smallest absolute Gasteiger partial charge is 0.325 e. The summed E-state index contributed by atoms with van der Waals surface area (Å²) in [5.74, 6) is 0. The molecule has 0 aliphatic heterocycles. The summed E-state index contributed by atoms with van der Waals surface area (Å²) in [6.07, 6.45) is 5.97. The van der Waals surface area contributed by atoms with Crippen LogP contribution in [0.2, 0.25) is 0 Å². The molecule has 0 aromatic heterocycles. The zero-order valence-corrected chi connectivity index (χ0v) is 15.8. The summed E-state index contributed by atoms with van der Waals surface area (Å²) >= 11 is 0. The van der Waals surface area contributed by atoms with Gasteiger partial charge in [0.25, 0.3) is 0 Å². The molecule has 28 heavy (non-hydrogen) atoms. The van der Waals surface area contributed by atoms with Crippen molar-refractivity contribution in [3.63, 3.8) is 0 Å². The molecular weight excluding hydrogens is 374 g/mol. The molecule has 1 N–H and O–H groups in total. The quantitative estimate of drug-likeness (QED) is 0.617. The highest BCUT2D eigenvalue weighted by molar-refractivity contribution is 7.85. The van der Waals surface area contributed by atoms with Gasteiger partial charge in [-0.15, -0.1) is 0 Å². The monoisotopic (exact) mass is 391 g/mol. The number of anilines is 1. The lowest BCUT2D eigenvalue weighted by atomic mass is 9.96. The molecular formula is C21H17N3O3S. The molecule has 0 bridgehead atoms. The molecule has 2 aromatic carbocycles. The van der Waals surface area contributed by atoms with Crippen molar-refractivity contribution in [3.8, 4) is 6.07 Å². The molecule has 0 radical (unpaired) electrons. The van der Waals surface area contributed by atoms with E-state index in [4.69, 9.17) is 0 Å². The van der Waals surface area contributed by atoms with Gasteiger partial charge in [0.05, 0.1) is 17.5 Å². The molecule has 1 aliphatic carbocycles. The Hall–Kier alpha value is -3.63. The minimum atomic E-state index is -3.74. The topological polar surface area (TPSA) is 91.6 Å². The summed E-state index contributed by atoms with van der Waals surface area (Å²) in [4.78, 5) is 0. The molecule has 2 aromatic rings. The maximum Gasteiger partial charge on any atom is 0.325 e. The number of nitrogens with one attached hydrogen (secondary N) is 1. The molecule has 0 atom stereocenters. The molecule has 3 rings (SSSR count). The Labute approximate surface area is 163 Å². The lowest BCUT2D eigenvalue weighted by Crippen LogP contribution is -2.14. The van der Waals surface area contributed by atoms with Gasteiger partial charge in [-0.1, -0.05) is 59.8 Å². The number of allylic oxidation sites excluding steroid dienone is 5. The number of oxime groups is 1. The molecule has 0 saturated carbocycles. The van der Waals surface area contributed by atoms with E-state index in [1.807, 2.05) is 60.7 Å². The third kappa shape index (κ3) is 4.96. The summed E-state index contributed by atoms with van der Waals surface area (Å²) in [6, 6.07) is 20.9. The number of rotatable bonds is 5. The largest absolute Gasteiger partial charge is 0.354 e. The van der Waals surface area contributed by atoms with E-state index in [-0.39, 0.29) is 0 Å². The lowest BCUT2D eigenvalue weighted by molar-refractivity contribution is 0.343. The van der Waals surface area contributed by atoms with Gasteiger partial charge < -0.3 is 5.32 Å². The van der Waals surface area contributed by atoms with E-state index in [1.165, 1.54) is 0 Å². The fraction of sp³-hybridized carbons (Fsp3) is 0.0476. The van der Waals surface area contributed by atoms with Crippen molar-refractivity contribution in [2.75, 3.05) is 11.6 Å². The van der Waals surface area contributed by atoms with E-state index in [0.29, 0.717) is 22.6 Å². The zero-order valence-electron chi connectivity index (χ0n) is 15.0. The van der Waals surface area contributed by atoms with Crippen LogP contribution in [0.4, 0.5) is 5.69 Å². The Bertz CT molecular complexity index is 1120. The van der Waals surface area contributed by atoms with Gasteiger partial charge in [-0.2, -0.15) is 13.7 Å². The van der Waals surface area contributed by atoms with Gasteiger partial charge in [0.1, 0.15) is 11.8 Å². The third-order valence-corrected chi connectivity index (χ3v) is 4.13. The number of nitrogens with zero attached hydrogens (tertiary/aromatic N) is 2. The van der Waals surface area contributed by atoms with Gasteiger partial charge in [0.2, 0.25) is 0 Å². The standard InChI is InChI=1S/C21H17N3O3S/c1-28(25,26)27-24-20-13-12-17(19(15-22)16-8-4-2-5-9-16)14-21(20)23-18-10-6-3-7-11-18/h2-14,23H,1H3/b19-17+,24-20-. The van der Waals surface area contributed by atoms with Crippen LogP contribution in [0.5, 0.6) is 0 Å². The average Bonchev–Trinajstić information content (AvgIpc) is 2.69.